The molecular weight excluding hydrogens is 150 g/mol. The summed E-state index contributed by atoms with van der Waals surface area (Å²) in [5, 5.41) is 3.04. The molecule has 1 unspecified atom stereocenters. The van der Waals surface area contributed by atoms with Crippen molar-refractivity contribution >= 4 is 5.91 Å². The highest BCUT2D eigenvalue weighted by molar-refractivity contribution is 5.78. The van der Waals surface area contributed by atoms with Crippen molar-refractivity contribution in [1.82, 2.24) is 5.32 Å². The Kier molecular flexibility index (Phi) is 2.45. The van der Waals surface area contributed by atoms with Crippen molar-refractivity contribution in [2.24, 2.45) is 11.3 Å². The van der Waals surface area contributed by atoms with Crippen LogP contribution in [0.5, 0.6) is 0 Å². The van der Waals surface area contributed by atoms with Gasteiger partial charge in [-0.25, -0.2) is 0 Å². The van der Waals surface area contributed by atoms with Crippen LogP contribution >= 0.6 is 0 Å². The molecule has 0 aromatic heterocycles. The Hall–Kier alpha value is -0.530. The van der Waals surface area contributed by atoms with Gasteiger partial charge in [-0.1, -0.05) is 27.7 Å². The van der Waals surface area contributed by atoms with Crippen LogP contribution in [0.25, 0.3) is 0 Å². The highest BCUT2D eigenvalue weighted by Crippen LogP contribution is 2.34. The minimum atomic E-state index is 0.216. The van der Waals surface area contributed by atoms with Crippen molar-refractivity contribution in [2.75, 3.05) is 0 Å². The van der Waals surface area contributed by atoms with Crippen molar-refractivity contribution in [2.45, 2.75) is 46.6 Å². The Bertz CT molecular complexity index is 184. The van der Waals surface area contributed by atoms with Gasteiger partial charge in [0.25, 0.3) is 0 Å². The molecule has 0 bridgehead atoms. The number of carbonyl (C=O) groups is 1. The van der Waals surface area contributed by atoms with Crippen molar-refractivity contribution in [1.29, 1.82) is 0 Å². The lowest BCUT2D eigenvalue weighted by atomic mass is 9.74. The van der Waals surface area contributed by atoms with Gasteiger partial charge in [0.05, 0.1) is 0 Å². The molecule has 1 aliphatic heterocycles. The van der Waals surface area contributed by atoms with Gasteiger partial charge in [0.1, 0.15) is 0 Å². The van der Waals surface area contributed by atoms with Gasteiger partial charge < -0.3 is 5.32 Å². The monoisotopic (exact) mass is 169 g/mol. The van der Waals surface area contributed by atoms with Crippen molar-refractivity contribution in [3.63, 3.8) is 0 Å². The smallest absolute Gasteiger partial charge is 0.220 e. The molecule has 1 fully saturated rings. The Balaban J connectivity index is 2.63. The number of nitrogens with one attached hydrogen (secondary N) is 1. The van der Waals surface area contributed by atoms with Crippen LogP contribution < -0.4 is 5.32 Å². The van der Waals surface area contributed by atoms with Crippen LogP contribution in [0.1, 0.15) is 40.5 Å². The van der Waals surface area contributed by atoms with Crippen LogP contribution in [0.3, 0.4) is 0 Å². The lowest BCUT2D eigenvalue weighted by Crippen LogP contribution is -2.42. The van der Waals surface area contributed by atoms with Crippen LogP contribution in [0.15, 0.2) is 0 Å². The summed E-state index contributed by atoms with van der Waals surface area (Å²) in [6.07, 6.45) is 1.71. The standard InChI is InChI=1S/C10H19NO/c1-7(2)10(3,4)8-5-6-9(12)11-8/h7-8H,5-6H2,1-4H3,(H,11,12). The summed E-state index contributed by atoms with van der Waals surface area (Å²) in [4.78, 5) is 11.0. The van der Waals surface area contributed by atoms with Gasteiger partial charge in [0.2, 0.25) is 5.91 Å². The lowest BCUT2D eigenvalue weighted by molar-refractivity contribution is -0.119. The normalized spacial score (nSPS) is 24.8. The zero-order valence-electron chi connectivity index (χ0n) is 8.48. The van der Waals surface area contributed by atoms with Gasteiger partial charge in [-0.3, -0.25) is 4.79 Å². The average molecular weight is 169 g/mol. The Morgan fingerprint density at radius 1 is 1.50 bits per heavy atom. The lowest BCUT2D eigenvalue weighted by Gasteiger charge is -2.35. The first kappa shape index (κ1) is 9.56. The molecule has 0 saturated carbocycles. The fourth-order valence-corrected chi connectivity index (χ4v) is 1.57. The van der Waals surface area contributed by atoms with E-state index in [2.05, 4.69) is 33.0 Å². The molecule has 0 aliphatic carbocycles. The highest BCUT2D eigenvalue weighted by atomic mass is 16.1. The van der Waals surface area contributed by atoms with Crippen molar-refractivity contribution < 1.29 is 4.79 Å². The topological polar surface area (TPSA) is 29.1 Å². The molecule has 0 radical (unpaired) electrons. The van der Waals surface area contributed by atoms with E-state index in [1.165, 1.54) is 0 Å². The number of hydrogen-bond donors (Lipinski definition) is 1. The summed E-state index contributed by atoms with van der Waals surface area (Å²) in [7, 11) is 0. The van der Waals surface area contributed by atoms with Crippen LogP contribution in [0.2, 0.25) is 0 Å². The van der Waals surface area contributed by atoms with E-state index >= 15 is 0 Å². The number of hydrogen-bond acceptors (Lipinski definition) is 1. The molecule has 12 heavy (non-hydrogen) atoms. The molecular formula is C10H19NO. The molecule has 0 aromatic carbocycles. The molecule has 1 heterocycles. The molecule has 0 aromatic rings. The summed E-state index contributed by atoms with van der Waals surface area (Å²) in [5.74, 6) is 0.828. The van der Waals surface area contributed by atoms with Gasteiger partial charge >= 0.3 is 0 Å². The van der Waals surface area contributed by atoms with E-state index in [1.807, 2.05) is 0 Å². The SMILES string of the molecule is CC(C)C(C)(C)C1CCC(=O)N1. The molecule has 2 nitrogen and oxygen atoms in total. The number of amides is 1. The van der Waals surface area contributed by atoms with Gasteiger partial charge in [0.15, 0.2) is 0 Å². The second-order valence-electron chi connectivity index (χ2n) is 4.63. The maximum atomic E-state index is 11.0. The van der Waals surface area contributed by atoms with Crippen molar-refractivity contribution in [3.05, 3.63) is 0 Å². The largest absolute Gasteiger partial charge is 0.353 e. The van der Waals surface area contributed by atoms with E-state index in [-0.39, 0.29) is 11.3 Å². The minimum absolute atomic E-state index is 0.216. The van der Waals surface area contributed by atoms with E-state index in [0.717, 1.165) is 6.42 Å². The zero-order chi connectivity index (χ0) is 9.35. The van der Waals surface area contributed by atoms with Crippen LogP contribution in [-0.4, -0.2) is 11.9 Å². The molecule has 1 N–H and O–H groups in total. The molecule has 0 spiro atoms. The molecule has 1 atom stereocenters. The molecule has 70 valence electrons. The summed E-state index contributed by atoms with van der Waals surface area (Å²) in [6, 6.07) is 0.380. The summed E-state index contributed by atoms with van der Waals surface area (Å²) >= 11 is 0. The molecule has 1 saturated heterocycles. The van der Waals surface area contributed by atoms with Gasteiger partial charge in [-0.2, -0.15) is 0 Å². The molecule has 1 rings (SSSR count). The third-order valence-electron chi connectivity index (χ3n) is 3.38. The second-order valence-corrected chi connectivity index (χ2v) is 4.63. The number of carbonyl (C=O) groups excluding carboxylic acids is 1. The van der Waals surface area contributed by atoms with E-state index < -0.39 is 0 Å². The van der Waals surface area contributed by atoms with Crippen LogP contribution in [-0.2, 0) is 4.79 Å². The first-order valence-corrected chi connectivity index (χ1v) is 4.74. The van der Waals surface area contributed by atoms with E-state index in [0.29, 0.717) is 18.4 Å². The van der Waals surface area contributed by atoms with Gasteiger partial charge in [-0.05, 0) is 17.8 Å². The highest BCUT2D eigenvalue weighted by Gasteiger charge is 2.36. The third kappa shape index (κ3) is 1.62. The summed E-state index contributed by atoms with van der Waals surface area (Å²) < 4.78 is 0. The Morgan fingerprint density at radius 2 is 2.08 bits per heavy atom. The molecule has 1 amide bonds. The average Bonchev–Trinajstić information content (AvgIpc) is 2.35. The molecule has 1 aliphatic rings. The third-order valence-corrected chi connectivity index (χ3v) is 3.38. The van der Waals surface area contributed by atoms with E-state index in [4.69, 9.17) is 0 Å². The Morgan fingerprint density at radius 3 is 2.42 bits per heavy atom. The van der Waals surface area contributed by atoms with Crippen molar-refractivity contribution in [3.8, 4) is 0 Å². The fraction of sp³-hybridized carbons (Fsp3) is 0.900. The maximum Gasteiger partial charge on any atom is 0.220 e. The van der Waals surface area contributed by atoms with Crippen LogP contribution in [0.4, 0.5) is 0 Å². The maximum absolute atomic E-state index is 11.0. The van der Waals surface area contributed by atoms with Gasteiger partial charge in [0, 0.05) is 12.5 Å². The van der Waals surface area contributed by atoms with E-state index in [9.17, 15) is 4.79 Å². The zero-order valence-corrected chi connectivity index (χ0v) is 8.48. The van der Waals surface area contributed by atoms with E-state index in [1.54, 1.807) is 0 Å². The second kappa shape index (κ2) is 3.08. The number of rotatable bonds is 2. The predicted molar refractivity (Wildman–Crippen MR) is 49.8 cm³/mol. The minimum Gasteiger partial charge on any atom is -0.353 e. The van der Waals surface area contributed by atoms with Crippen LogP contribution in [0, 0.1) is 11.3 Å². The van der Waals surface area contributed by atoms with Gasteiger partial charge in [-0.15, -0.1) is 0 Å². The first-order valence-electron chi connectivity index (χ1n) is 4.74. The Labute approximate surface area is 74.7 Å². The summed E-state index contributed by atoms with van der Waals surface area (Å²) in [5.41, 5.74) is 0.228. The quantitative estimate of drug-likeness (QED) is 0.672. The first-order chi connectivity index (χ1) is 5.44. The fourth-order valence-electron chi connectivity index (χ4n) is 1.57. The molecule has 2 heteroatoms. The summed E-state index contributed by atoms with van der Waals surface area (Å²) in [6.45, 7) is 8.89. The predicted octanol–water partition coefficient (Wildman–Crippen LogP) is 1.95.